The lowest BCUT2D eigenvalue weighted by molar-refractivity contribution is -0.384. The largest absolute Gasteiger partial charge is 0.450 e. The third kappa shape index (κ3) is 2.83. The summed E-state index contributed by atoms with van der Waals surface area (Å²) in [5, 5.41) is 19.7. The van der Waals surface area contributed by atoms with Crippen LogP contribution >= 0.6 is 11.3 Å². The number of hydrogen-bond acceptors (Lipinski definition) is 8. The van der Waals surface area contributed by atoms with E-state index in [-0.39, 0.29) is 27.6 Å². The lowest BCUT2D eigenvalue weighted by atomic mass is 9.97. The minimum absolute atomic E-state index is 0.0903. The van der Waals surface area contributed by atoms with Crippen molar-refractivity contribution in [1.29, 1.82) is 0 Å². The van der Waals surface area contributed by atoms with Gasteiger partial charge in [0, 0.05) is 12.1 Å². The standard InChI is InChI=1S/C21H14N4O5S/c1-10-6-14-15(7-11(10)2)30-19-16(18(14)26)17(12-4-3-5-13(8-12)25(28)29)24(20(19)27)21-23-22-9-31-21/h3-9,17H,1-2H3. The highest BCUT2D eigenvalue weighted by molar-refractivity contribution is 7.13. The van der Waals surface area contributed by atoms with Crippen molar-refractivity contribution < 1.29 is 14.1 Å². The van der Waals surface area contributed by atoms with Crippen molar-refractivity contribution >= 4 is 39.0 Å². The molecule has 4 aromatic rings. The number of amides is 1. The van der Waals surface area contributed by atoms with E-state index in [1.807, 2.05) is 13.8 Å². The quantitative estimate of drug-likeness (QED) is 0.354. The first kappa shape index (κ1) is 19.1. The Morgan fingerprint density at radius 1 is 1.16 bits per heavy atom. The Balaban J connectivity index is 1.84. The number of fused-ring (bicyclic) bond motifs is 2. The number of carbonyl (C=O) groups is 1. The van der Waals surface area contributed by atoms with Gasteiger partial charge in [0.15, 0.2) is 5.43 Å². The third-order valence-corrected chi connectivity index (χ3v) is 6.13. The van der Waals surface area contributed by atoms with Gasteiger partial charge in [-0.05, 0) is 42.7 Å². The van der Waals surface area contributed by atoms with Gasteiger partial charge in [-0.2, -0.15) is 0 Å². The number of benzene rings is 2. The third-order valence-electron chi connectivity index (χ3n) is 5.44. The molecule has 1 amide bonds. The molecule has 0 saturated carbocycles. The summed E-state index contributed by atoms with van der Waals surface area (Å²) in [6.07, 6.45) is 0. The number of nitro groups is 1. The van der Waals surface area contributed by atoms with Crippen molar-refractivity contribution in [2.45, 2.75) is 19.9 Å². The molecule has 2 aromatic heterocycles. The van der Waals surface area contributed by atoms with Gasteiger partial charge in [0.05, 0.1) is 21.9 Å². The van der Waals surface area contributed by atoms with Crippen LogP contribution in [0.3, 0.4) is 0 Å². The summed E-state index contributed by atoms with van der Waals surface area (Å²) >= 11 is 1.12. The fourth-order valence-electron chi connectivity index (χ4n) is 3.82. The van der Waals surface area contributed by atoms with Crippen molar-refractivity contribution in [3.05, 3.63) is 90.3 Å². The molecule has 0 spiro atoms. The second kappa shape index (κ2) is 6.81. The molecule has 9 nitrogen and oxygen atoms in total. The molecule has 5 rings (SSSR count). The van der Waals surface area contributed by atoms with Crippen molar-refractivity contribution in [1.82, 2.24) is 10.2 Å². The fourth-order valence-corrected chi connectivity index (χ4v) is 4.41. The maximum absolute atomic E-state index is 13.5. The van der Waals surface area contributed by atoms with Crippen molar-refractivity contribution in [3.63, 3.8) is 0 Å². The molecule has 0 saturated heterocycles. The van der Waals surface area contributed by atoms with Gasteiger partial charge in [-0.15, -0.1) is 10.2 Å². The SMILES string of the molecule is Cc1cc2oc3c(c(=O)c2cc1C)C(c1cccc([N+](=O)[O-])c1)N(c1nncs1)C3=O. The Hall–Kier alpha value is -3.92. The molecule has 154 valence electrons. The maximum atomic E-state index is 13.5. The van der Waals surface area contributed by atoms with E-state index in [4.69, 9.17) is 4.42 Å². The normalized spacial score (nSPS) is 15.5. The number of non-ortho nitro benzene ring substituents is 1. The molecule has 0 N–H and O–H groups in total. The number of nitro benzene ring substituents is 1. The van der Waals surface area contributed by atoms with Crippen LogP contribution in [0.25, 0.3) is 11.0 Å². The van der Waals surface area contributed by atoms with Gasteiger partial charge < -0.3 is 4.42 Å². The number of hydrogen-bond donors (Lipinski definition) is 0. The van der Waals surface area contributed by atoms with Gasteiger partial charge in [0.25, 0.3) is 11.6 Å². The minimum Gasteiger partial charge on any atom is -0.450 e. The van der Waals surface area contributed by atoms with E-state index >= 15 is 0 Å². The van der Waals surface area contributed by atoms with Crippen LogP contribution in [0.15, 0.2) is 51.1 Å². The second-order valence-corrected chi connectivity index (χ2v) is 8.07. The minimum atomic E-state index is -0.919. The molecule has 0 fully saturated rings. The molecule has 1 unspecified atom stereocenters. The Kier molecular flexibility index (Phi) is 4.19. The smallest absolute Gasteiger partial charge is 0.297 e. The summed E-state index contributed by atoms with van der Waals surface area (Å²) in [6.45, 7) is 3.78. The van der Waals surface area contributed by atoms with Crippen LogP contribution in [0.2, 0.25) is 0 Å². The highest BCUT2D eigenvalue weighted by atomic mass is 32.1. The van der Waals surface area contributed by atoms with E-state index in [0.29, 0.717) is 16.5 Å². The first-order valence-electron chi connectivity index (χ1n) is 9.29. The molecule has 1 atom stereocenters. The zero-order valence-corrected chi connectivity index (χ0v) is 17.2. The number of nitrogens with zero attached hydrogens (tertiary/aromatic N) is 4. The van der Waals surface area contributed by atoms with E-state index in [9.17, 15) is 19.7 Å². The van der Waals surface area contributed by atoms with E-state index in [2.05, 4.69) is 10.2 Å². The topological polar surface area (TPSA) is 119 Å². The van der Waals surface area contributed by atoms with Crippen LogP contribution in [0.4, 0.5) is 10.8 Å². The monoisotopic (exact) mass is 434 g/mol. The number of anilines is 1. The first-order valence-corrected chi connectivity index (χ1v) is 10.2. The highest BCUT2D eigenvalue weighted by Gasteiger charge is 2.45. The van der Waals surface area contributed by atoms with Crippen LogP contribution in [-0.2, 0) is 0 Å². The van der Waals surface area contributed by atoms with Gasteiger partial charge in [0.2, 0.25) is 10.9 Å². The molecule has 0 radical (unpaired) electrons. The summed E-state index contributed by atoms with van der Waals surface area (Å²) in [5.74, 6) is -0.632. The lowest BCUT2D eigenvalue weighted by Gasteiger charge is -2.21. The van der Waals surface area contributed by atoms with Crippen molar-refractivity contribution in [2.24, 2.45) is 0 Å². The molecule has 1 aliphatic heterocycles. The second-order valence-electron chi connectivity index (χ2n) is 7.26. The predicted octanol–water partition coefficient (Wildman–Crippen LogP) is 3.92. The van der Waals surface area contributed by atoms with Gasteiger partial charge >= 0.3 is 0 Å². The number of aryl methyl sites for hydroxylation is 2. The number of carbonyl (C=O) groups excluding carboxylic acids is 1. The Morgan fingerprint density at radius 2 is 1.94 bits per heavy atom. The number of aromatic nitrogens is 2. The predicted molar refractivity (Wildman–Crippen MR) is 114 cm³/mol. The molecule has 0 aliphatic carbocycles. The van der Waals surface area contributed by atoms with Gasteiger partial charge in [0.1, 0.15) is 11.1 Å². The first-order chi connectivity index (χ1) is 14.9. The summed E-state index contributed by atoms with van der Waals surface area (Å²) in [5.41, 5.74) is 3.67. The summed E-state index contributed by atoms with van der Waals surface area (Å²) < 4.78 is 5.92. The molecule has 0 bridgehead atoms. The van der Waals surface area contributed by atoms with Crippen molar-refractivity contribution in [2.75, 3.05) is 4.90 Å². The van der Waals surface area contributed by atoms with E-state index in [1.165, 1.54) is 28.6 Å². The maximum Gasteiger partial charge on any atom is 0.297 e. The molecule has 31 heavy (non-hydrogen) atoms. The summed E-state index contributed by atoms with van der Waals surface area (Å²) in [4.78, 5) is 39.0. The zero-order chi connectivity index (χ0) is 21.9. The highest BCUT2D eigenvalue weighted by Crippen LogP contribution is 2.42. The fraction of sp³-hybridized carbons (Fsp3) is 0.143. The van der Waals surface area contributed by atoms with E-state index in [0.717, 1.165) is 22.5 Å². The number of rotatable bonds is 3. The van der Waals surface area contributed by atoms with Crippen LogP contribution in [-0.4, -0.2) is 21.0 Å². The van der Waals surface area contributed by atoms with Crippen LogP contribution < -0.4 is 10.3 Å². The average molecular weight is 434 g/mol. The van der Waals surface area contributed by atoms with Crippen LogP contribution in [0.5, 0.6) is 0 Å². The Morgan fingerprint density at radius 3 is 2.65 bits per heavy atom. The average Bonchev–Trinajstić information content (AvgIpc) is 3.36. The zero-order valence-electron chi connectivity index (χ0n) is 16.4. The Bertz CT molecular complexity index is 1440. The van der Waals surface area contributed by atoms with Crippen molar-refractivity contribution in [3.8, 4) is 0 Å². The molecule has 3 heterocycles. The molecular formula is C21H14N4O5S. The summed E-state index contributed by atoms with van der Waals surface area (Å²) in [7, 11) is 0. The lowest BCUT2D eigenvalue weighted by Crippen LogP contribution is -2.29. The molecule has 1 aliphatic rings. The van der Waals surface area contributed by atoms with Gasteiger partial charge in [-0.25, -0.2) is 0 Å². The molecular weight excluding hydrogens is 420 g/mol. The van der Waals surface area contributed by atoms with Crippen LogP contribution in [0, 0.1) is 24.0 Å². The van der Waals surface area contributed by atoms with E-state index in [1.54, 1.807) is 18.2 Å². The van der Waals surface area contributed by atoms with Crippen LogP contribution in [0.1, 0.15) is 38.9 Å². The Labute approximate surface area is 178 Å². The molecule has 10 heteroatoms. The van der Waals surface area contributed by atoms with E-state index < -0.39 is 16.9 Å². The molecule has 2 aromatic carbocycles. The van der Waals surface area contributed by atoms with Gasteiger partial charge in [-0.1, -0.05) is 23.5 Å². The van der Waals surface area contributed by atoms with Gasteiger partial charge in [-0.3, -0.25) is 24.6 Å². The summed E-state index contributed by atoms with van der Waals surface area (Å²) in [6, 6.07) is 8.41.